The Bertz CT molecular complexity index is 1240. The van der Waals surface area contributed by atoms with Gasteiger partial charge in [0.15, 0.2) is 12.4 Å². The topological polar surface area (TPSA) is 155 Å². The number of carbonyl (C=O) groups excluding carboxylic acids is 3. The van der Waals surface area contributed by atoms with E-state index in [1.54, 1.807) is 12.1 Å². The molecule has 2 aromatic carbocycles. The van der Waals surface area contributed by atoms with Crippen molar-refractivity contribution in [3.05, 3.63) is 71.8 Å². The normalized spacial score (nSPS) is 23.8. The number of esters is 2. The van der Waals surface area contributed by atoms with Crippen LogP contribution in [0.25, 0.3) is 0 Å². The maximum atomic E-state index is 13.2. The average Bonchev–Trinajstić information content (AvgIpc) is 2.86. The van der Waals surface area contributed by atoms with Crippen LogP contribution in [-0.2, 0) is 33.3 Å². The first-order valence-electron chi connectivity index (χ1n) is 10.9. The van der Waals surface area contributed by atoms with Gasteiger partial charge in [0.1, 0.15) is 24.9 Å². The largest absolute Gasteiger partial charge is 0.523 e. The molecule has 2 N–H and O–H groups in total. The molecule has 1 saturated heterocycles. The Morgan fingerprint density at radius 3 is 1.97 bits per heavy atom. The number of carbonyl (C=O) groups is 3. The average molecular weight is 561 g/mol. The van der Waals surface area contributed by atoms with Gasteiger partial charge < -0.3 is 24.6 Å². The fourth-order valence-electron chi connectivity index (χ4n) is 3.48. The van der Waals surface area contributed by atoms with Gasteiger partial charge in [-0.25, -0.2) is 9.59 Å². The SMILES string of the molecule is CC(=O)N[C@@H]1[C@@H](OC(=O)c2ccccc2)[C@@H](OS(=O)(=O)C(F)(F)F)[C@@H](COC(=O)c2ccccc2)O[C@H]1O. The van der Waals surface area contributed by atoms with Crippen LogP contribution in [0.1, 0.15) is 27.6 Å². The number of hydrogen-bond acceptors (Lipinski definition) is 10. The van der Waals surface area contributed by atoms with Crippen LogP contribution in [-0.4, -0.2) is 74.1 Å². The summed E-state index contributed by atoms with van der Waals surface area (Å²) in [7, 11) is -6.33. The fraction of sp³-hybridized carbons (Fsp3) is 0.348. The van der Waals surface area contributed by atoms with E-state index in [-0.39, 0.29) is 11.1 Å². The van der Waals surface area contributed by atoms with Crippen molar-refractivity contribution in [1.82, 2.24) is 5.32 Å². The van der Waals surface area contributed by atoms with Gasteiger partial charge in [0.2, 0.25) is 5.91 Å². The maximum absolute atomic E-state index is 13.2. The lowest BCUT2D eigenvalue weighted by Gasteiger charge is -2.43. The second-order valence-electron chi connectivity index (χ2n) is 7.95. The van der Waals surface area contributed by atoms with E-state index in [4.69, 9.17) is 14.2 Å². The van der Waals surface area contributed by atoms with Gasteiger partial charge in [0, 0.05) is 6.92 Å². The van der Waals surface area contributed by atoms with Crippen LogP contribution in [0, 0.1) is 0 Å². The van der Waals surface area contributed by atoms with Crippen molar-refractivity contribution in [2.24, 2.45) is 0 Å². The number of alkyl halides is 3. The van der Waals surface area contributed by atoms with Gasteiger partial charge in [-0.05, 0) is 24.3 Å². The van der Waals surface area contributed by atoms with Crippen molar-refractivity contribution in [2.45, 2.75) is 43.1 Å². The van der Waals surface area contributed by atoms with Gasteiger partial charge in [0.25, 0.3) is 0 Å². The minimum Gasteiger partial charge on any atom is -0.459 e. The predicted octanol–water partition coefficient (Wildman–Crippen LogP) is 1.53. The smallest absolute Gasteiger partial charge is 0.459 e. The number of hydrogen-bond donors (Lipinski definition) is 2. The standard InChI is InChI=1S/C23H22F3NO10S/c1-13(28)27-17-19(36-21(30)15-10-6-3-7-11-15)18(37-38(32,33)23(24,25)26)16(35-22(17)31)12-34-20(29)14-8-4-2-5-9-14/h2-11,16-19,22,31H,12H2,1H3,(H,27,28)/t16-,17-,18+,19-,22-/m1/s1. The van der Waals surface area contributed by atoms with Crippen molar-refractivity contribution in [1.29, 1.82) is 0 Å². The molecule has 1 aliphatic rings. The molecule has 1 aliphatic heterocycles. The van der Waals surface area contributed by atoms with Crippen LogP contribution in [0.5, 0.6) is 0 Å². The number of aliphatic hydroxyl groups is 1. The van der Waals surface area contributed by atoms with Crippen LogP contribution in [0.3, 0.4) is 0 Å². The summed E-state index contributed by atoms with van der Waals surface area (Å²) in [6, 6.07) is 12.7. The Morgan fingerprint density at radius 2 is 1.47 bits per heavy atom. The molecule has 0 saturated carbocycles. The molecule has 0 radical (unpaired) electrons. The van der Waals surface area contributed by atoms with E-state index in [0.29, 0.717) is 0 Å². The summed E-state index contributed by atoms with van der Waals surface area (Å²) in [5.74, 6) is -2.93. The number of benzene rings is 2. The van der Waals surface area contributed by atoms with Gasteiger partial charge in [-0.1, -0.05) is 36.4 Å². The first-order valence-corrected chi connectivity index (χ1v) is 12.3. The van der Waals surface area contributed by atoms with Crippen LogP contribution in [0.15, 0.2) is 60.7 Å². The summed E-state index contributed by atoms with van der Waals surface area (Å²) in [5.41, 5.74) is -5.93. The molecule has 0 aromatic heterocycles. The van der Waals surface area contributed by atoms with Gasteiger partial charge in [-0.3, -0.25) is 8.98 Å². The number of rotatable bonds is 8. The fourth-order valence-corrected chi connectivity index (χ4v) is 4.12. The summed E-state index contributed by atoms with van der Waals surface area (Å²) >= 11 is 0. The number of halogens is 3. The van der Waals surface area contributed by atoms with Crippen LogP contribution in [0.4, 0.5) is 13.2 Å². The minimum atomic E-state index is -6.33. The Labute approximate surface area is 214 Å². The van der Waals surface area contributed by atoms with Crippen molar-refractivity contribution >= 4 is 28.0 Å². The maximum Gasteiger partial charge on any atom is 0.523 e. The highest BCUT2D eigenvalue weighted by molar-refractivity contribution is 7.87. The van der Waals surface area contributed by atoms with E-state index >= 15 is 0 Å². The summed E-state index contributed by atoms with van der Waals surface area (Å²) in [5, 5.41) is 12.7. The highest BCUT2D eigenvalue weighted by Crippen LogP contribution is 2.32. The Kier molecular flexibility index (Phi) is 9.09. The highest BCUT2D eigenvalue weighted by Gasteiger charge is 2.56. The molecular weight excluding hydrogens is 539 g/mol. The summed E-state index contributed by atoms with van der Waals surface area (Å²) in [4.78, 5) is 36.8. The first-order chi connectivity index (χ1) is 17.8. The van der Waals surface area contributed by atoms with Gasteiger partial charge in [0.05, 0.1) is 11.1 Å². The van der Waals surface area contributed by atoms with Gasteiger partial charge >= 0.3 is 27.6 Å². The highest BCUT2D eigenvalue weighted by atomic mass is 32.2. The van der Waals surface area contributed by atoms with E-state index in [1.807, 2.05) is 0 Å². The molecule has 1 fully saturated rings. The quantitative estimate of drug-likeness (QED) is 0.275. The molecule has 0 aliphatic carbocycles. The second-order valence-corrected chi connectivity index (χ2v) is 9.52. The molecule has 1 amide bonds. The van der Waals surface area contributed by atoms with E-state index < -0.39 is 70.7 Å². The first kappa shape index (κ1) is 29.0. The predicted molar refractivity (Wildman–Crippen MR) is 121 cm³/mol. The molecule has 0 unspecified atom stereocenters. The lowest BCUT2D eigenvalue weighted by Crippen LogP contribution is -2.66. The molecule has 2 aromatic rings. The van der Waals surface area contributed by atoms with Gasteiger partial charge in [-0.2, -0.15) is 21.6 Å². The zero-order chi connectivity index (χ0) is 28.1. The van der Waals surface area contributed by atoms with E-state index in [1.165, 1.54) is 48.5 Å². The van der Waals surface area contributed by atoms with Crippen LogP contribution >= 0.6 is 0 Å². The van der Waals surface area contributed by atoms with Gasteiger partial charge in [-0.15, -0.1) is 0 Å². The monoisotopic (exact) mass is 561 g/mol. The van der Waals surface area contributed by atoms with Crippen LogP contribution in [0.2, 0.25) is 0 Å². The molecule has 38 heavy (non-hydrogen) atoms. The Hall–Kier alpha value is -3.53. The molecule has 5 atom stereocenters. The zero-order valence-corrected chi connectivity index (χ0v) is 20.3. The molecule has 11 nitrogen and oxygen atoms in total. The summed E-state index contributed by atoms with van der Waals surface area (Å²) < 4.78 is 83.4. The number of aliphatic hydroxyl groups excluding tert-OH is 1. The van der Waals surface area contributed by atoms with E-state index in [0.717, 1.165) is 6.92 Å². The number of amides is 1. The van der Waals surface area contributed by atoms with E-state index in [9.17, 15) is 41.1 Å². The zero-order valence-electron chi connectivity index (χ0n) is 19.5. The molecule has 3 rings (SSSR count). The van der Waals surface area contributed by atoms with E-state index in [2.05, 4.69) is 9.50 Å². The molecule has 1 heterocycles. The lowest BCUT2D eigenvalue weighted by atomic mass is 9.96. The third-order valence-corrected chi connectivity index (χ3v) is 6.24. The number of nitrogens with one attached hydrogen (secondary N) is 1. The number of ether oxygens (including phenoxy) is 3. The molecule has 0 bridgehead atoms. The second kappa shape index (κ2) is 11.9. The molecule has 15 heteroatoms. The molecule has 0 spiro atoms. The Morgan fingerprint density at radius 1 is 0.947 bits per heavy atom. The van der Waals surface area contributed by atoms with Crippen molar-refractivity contribution in [3.8, 4) is 0 Å². The molecular formula is C23H22F3NO10S. The third-order valence-electron chi connectivity index (χ3n) is 5.20. The summed E-state index contributed by atoms with van der Waals surface area (Å²) in [6.07, 6.45) is -8.30. The third kappa shape index (κ3) is 7.06. The molecule has 206 valence electrons. The lowest BCUT2D eigenvalue weighted by molar-refractivity contribution is -0.248. The van der Waals surface area contributed by atoms with Crippen LogP contribution < -0.4 is 5.32 Å². The van der Waals surface area contributed by atoms with Crippen molar-refractivity contribution < 1.29 is 59.5 Å². The Balaban J connectivity index is 1.98. The van der Waals surface area contributed by atoms with Crippen molar-refractivity contribution in [2.75, 3.05) is 6.61 Å². The van der Waals surface area contributed by atoms with Crippen molar-refractivity contribution in [3.63, 3.8) is 0 Å². The minimum absolute atomic E-state index is 0.0485. The summed E-state index contributed by atoms with van der Waals surface area (Å²) in [6.45, 7) is 0.0633.